The molecule has 0 fully saturated rings. The predicted molar refractivity (Wildman–Crippen MR) is 72.1 cm³/mol. The van der Waals surface area contributed by atoms with Crippen molar-refractivity contribution in [2.24, 2.45) is 0 Å². The fraction of sp³-hybridized carbons (Fsp3) is 0.385. The summed E-state index contributed by atoms with van der Waals surface area (Å²) in [6.45, 7) is 6.19. The molecular formula is C13H17N3S. The number of aromatic nitrogens is 2. The lowest BCUT2D eigenvalue weighted by atomic mass is 10.3. The lowest BCUT2D eigenvalue weighted by Gasteiger charge is -1.99. The van der Waals surface area contributed by atoms with E-state index in [1.807, 2.05) is 18.2 Å². The third-order valence-corrected chi connectivity index (χ3v) is 3.67. The van der Waals surface area contributed by atoms with Crippen LogP contribution >= 0.6 is 11.3 Å². The highest BCUT2D eigenvalue weighted by Gasteiger charge is 2.09. The molecule has 0 spiro atoms. The maximum absolute atomic E-state index is 4.58. The minimum atomic E-state index is 0.907. The molecule has 3 nitrogen and oxygen atoms in total. The van der Waals surface area contributed by atoms with Crippen LogP contribution in [0.1, 0.15) is 23.9 Å². The number of hydrogen-bond acceptors (Lipinski definition) is 4. The van der Waals surface area contributed by atoms with Gasteiger partial charge in [0, 0.05) is 17.6 Å². The van der Waals surface area contributed by atoms with E-state index in [0.717, 1.165) is 35.9 Å². The summed E-state index contributed by atoms with van der Waals surface area (Å²) in [7, 11) is 0. The Morgan fingerprint density at radius 3 is 2.94 bits per heavy atom. The Hall–Kier alpha value is -1.26. The first-order valence-corrected chi connectivity index (χ1v) is 6.71. The molecule has 2 aromatic rings. The standard InChI is InChI=1S/C13H17N3S/c1-3-7-14-9-12-10(2)16-13(17-12)11-6-4-5-8-15-11/h4-6,8,14H,3,7,9H2,1-2H3. The minimum Gasteiger partial charge on any atom is -0.312 e. The Labute approximate surface area is 106 Å². The van der Waals surface area contributed by atoms with Crippen LogP contribution in [0, 0.1) is 6.92 Å². The van der Waals surface area contributed by atoms with Crippen molar-refractivity contribution in [3.05, 3.63) is 35.0 Å². The topological polar surface area (TPSA) is 37.8 Å². The van der Waals surface area contributed by atoms with Gasteiger partial charge in [-0.1, -0.05) is 13.0 Å². The molecule has 0 saturated carbocycles. The monoisotopic (exact) mass is 247 g/mol. The molecule has 2 rings (SSSR count). The number of aryl methyl sites for hydroxylation is 1. The Bertz CT molecular complexity index is 465. The summed E-state index contributed by atoms with van der Waals surface area (Å²) in [5, 5.41) is 4.42. The van der Waals surface area contributed by atoms with E-state index in [1.54, 1.807) is 17.5 Å². The molecule has 0 unspecified atom stereocenters. The quantitative estimate of drug-likeness (QED) is 0.825. The smallest absolute Gasteiger partial charge is 0.142 e. The lowest BCUT2D eigenvalue weighted by Crippen LogP contribution is -2.13. The first-order valence-electron chi connectivity index (χ1n) is 5.89. The van der Waals surface area contributed by atoms with Crippen molar-refractivity contribution in [1.29, 1.82) is 0 Å². The van der Waals surface area contributed by atoms with Crippen LogP contribution in [0.3, 0.4) is 0 Å². The van der Waals surface area contributed by atoms with E-state index >= 15 is 0 Å². The van der Waals surface area contributed by atoms with Crippen LogP contribution in [-0.4, -0.2) is 16.5 Å². The van der Waals surface area contributed by atoms with Gasteiger partial charge in [0.15, 0.2) is 0 Å². The zero-order valence-corrected chi connectivity index (χ0v) is 11.0. The molecule has 0 atom stereocenters. The van der Waals surface area contributed by atoms with Gasteiger partial charge in [-0.2, -0.15) is 0 Å². The highest BCUT2D eigenvalue weighted by molar-refractivity contribution is 7.15. The van der Waals surface area contributed by atoms with Crippen molar-refractivity contribution in [1.82, 2.24) is 15.3 Å². The second-order valence-corrected chi connectivity index (χ2v) is 5.00. The molecule has 0 bridgehead atoms. The predicted octanol–water partition coefficient (Wildman–Crippen LogP) is 3.01. The normalized spacial score (nSPS) is 10.7. The fourth-order valence-corrected chi connectivity index (χ4v) is 2.58. The van der Waals surface area contributed by atoms with Crippen molar-refractivity contribution in [3.8, 4) is 10.7 Å². The van der Waals surface area contributed by atoms with Gasteiger partial charge in [-0.15, -0.1) is 11.3 Å². The summed E-state index contributed by atoms with van der Waals surface area (Å²) in [5.74, 6) is 0. The Balaban J connectivity index is 2.13. The second kappa shape index (κ2) is 5.89. The summed E-state index contributed by atoms with van der Waals surface area (Å²) >= 11 is 1.73. The van der Waals surface area contributed by atoms with Gasteiger partial charge < -0.3 is 5.32 Å². The zero-order chi connectivity index (χ0) is 12.1. The Morgan fingerprint density at radius 2 is 2.24 bits per heavy atom. The average molecular weight is 247 g/mol. The molecule has 2 aromatic heterocycles. The van der Waals surface area contributed by atoms with E-state index in [4.69, 9.17) is 0 Å². The Kier molecular flexibility index (Phi) is 4.23. The van der Waals surface area contributed by atoms with E-state index in [-0.39, 0.29) is 0 Å². The molecule has 0 aliphatic heterocycles. The number of thiazole rings is 1. The average Bonchev–Trinajstić information content (AvgIpc) is 2.73. The molecule has 90 valence electrons. The molecular weight excluding hydrogens is 230 g/mol. The van der Waals surface area contributed by atoms with Gasteiger partial charge in [-0.3, -0.25) is 4.98 Å². The first-order chi connectivity index (χ1) is 8.31. The van der Waals surface area contributed by atoms with Crippen LogP contribution in [0.4, 0.5) is 0 Å². The van der Waals surface area contributed by atoms with Crippen molar-refractivity contribution in [2.75, 3.05) is 6.54 Å². The van der Waals surface area contributed by atoms with Crippen molar-refractivity contribution < 1.29 is 0 Å². The van der Waals surface area contributed by atoms with Gasteiger partial charge in [0.2, 0.25) is 0 Å². The van der Waals surface area contributed by atoms with Crippen LogP contribution in [-0.2, 0) is 6.54 Å². The van der Waals surface area contributed by atoms with Crippen LogP contribution in [0.15, 0.2) is 24.4 Å². The molecule has 0 saturated heterocycles. The van der Waals surface area contributed by atoms with E-state index in [9.17, 15) is 0 Å². The van der Waals surface area contributed by atoms with Crippen molar-refractivity contribution in [2.45, 2.75) is 26.8 Å². The van der Waals surface area contributed by atoms with E-state index < -0.39 is 0 Å². The molecule has 0 radical (unpaired) electrons. The van der Waals surface area contributed by atoms with Crippen LogP contribution < -0.4 is 5.32 Å². The maximum Gasteiger partial charge on any atom is 0.142 e. The van der Waals surface area contributed by atoms with Crippen molar-refractivity contribution >= 4 is 11.3 Å². The molecule has 0 aliphatic carbocycles. The molecule has 0 amide bonds. The number of nitrogens with zero attached hydrogens (tertiary/aromatic N) is 2. The van der Waals surface area contributed by atoms with Crippen LogP contribution in [0.5, 0.6) is 0 Å². The molecule has 0 aliphatic rings. The van der Waals surface area contributed by atoms with Gasteiger partial charge in [0.05, 0.1) is 11.4 Å². The summed E-state index contributed by atoms with van der Waals surface area (Å²) in [6, 6.07) is 5.92. The van der Waals surface area contributed by atoms with Gasteiger partial charge in [-0.25, -0.2) is 4.98 Å². The third kappa shape index (κ3) is 3.11. The summed E-state index contributed by atoms with van der Waals surface area (Å²) in [5.41, 5.74) is 2.07. The zero-order valence-electron chi connectivity index (χ0n) is 10.2. The van der Waals surface area contributed by atoms with Gasteiger partial charge in [0.25, 0.3) is 0 Å². The van der Waals surface area contributed by atoms with Crippen LogP contribution in [0.2, 0.25) is 0 Å². The molecule has 1 N–H and O–H groups in total. The van der Waals surface area contributed by atoms with Crippen LogP contribution in [0.25, 0.3) is 10.7 Å². The molecule has 17 heavy (non-hydrogen) atoms. The van der Waals surface area contributed by atoms with Gasteiger partial charge in [0.1, 0.15) is 5.01 Å². The molecule has 2 heterocycles. The first kappa shape index (κ1) is 12.2. The summed E-state index contributed by atoms with van der Waals surface area (Å²) < 4.78 is 0. The van der Waals surface area contributed by atoms with E-state index in [1.165, 1.54) is 4.88 Å². The van der Waals surface area contributed by atoms with E-state index in [2.05, 4.69) is 29.1 Å². The number of nitrogens with one attached hydrogen (secondary N) is 1. The fourth-order valence-electron chi connectivity index (χ4n) is 1.57. The number of hydrogen-bond donors (Lipinski definition) is 1. The highest BCUT2D eigenvalue weighted by Crippen LogP contribution is 2.26. The largest absolute Gasteiger partial charge is 0.312 e. The summed E-state index contributed by atoms with van der Waals surface area (Å²) in [4.78, 5) is 10.2. The number of rotatable bonds is 5. The number of pyridine rings is 1. The summed E-state index contributed by atoms with van der Waals surface area (Å²) in [6.07, 6.45) is 2.96. The third-order valence-electron chi connectivity index (χ3n) is 2.49. The Morgan fingerprint density at radius 1 is 1.35 bits per heavy atom. The highest BCUT2D eigenvalue weighted by atomic mass is 32.1. The minimum absolute atomic E-state index is 0.907. The SMILES string of the molecule is CCCNCc1sc(-c2ccccn2)nc1C. The molecule has 0 aromatic carbocycles. The van der Waals surface area contributed by atoms with Crippen molar-refractivity contribution in [3.63, 3.8) is 0 Å². The molecule has 4 heteroatoms. The van der Waals surface area contributed by atoms with Gasteiger partial charge >= 0.3 is 0 Å². The maximum atomic E-state index is 4.58. The van der Waals surface area contributed by atoms with E-state index in [0.29, 0.717) is 0 Å². The van der Waals surface area contributed by atoms with Gasteiger partial charge in [-0.05, 0) is 32.0 Å². The lowest BCUT2D eigenvalue weighted by molar-refractivity contribution is 0.678. The second-order valence-electron chi connectivity index (χ2n) is 3.92.